The molecular formula is C21H20ClN7OS. The lowest BCUT2D eigenvalue weighted by molar-refractivity contribution is -0.113. The van der Waals surface area contributed by atoms with Crippen molar-refractivity contribution < 1.29 is 4.79 Å². The summed E-state index contributed by atoms with van der Waals surface area (Å²) in [5.41, 5.74) is 3.27. The molecule has 0 saturated carbocycles. The van der Waals surface area contributed by atoms with E-state index < -0.39 is 0 Å². The fourth-order valence-electron chi connectivity index (χ4n) is 3.08. The van der Waals surface area contributed by atoms with Gasteiger partial charge in [-0.2, -0.15) is 0 Å². The summed E-state index contributed by atoms with van der Waals surface area (Å²) in [5, 5.41) is 21.1. The van der Waals surface area contributed by atoms with E-state index in [2.05, 4.69) is 32.4 Å². The van der Waals surface area contributed by atoms with Gasteiger partial charge in [-0.05, 0) is 36.8 Å². The van der Waals surface area contributed by atoms with Crippen molar-refractivity contribution in [2.24, 2.45) is 0 Å². The minimum absolute atomic E-state index is 0.146. The van der Waals surface area contributed by atoms with Crippen molar-refractivity contribution in [1.29, 1.82) is 0 Å². The number of carbonyl (C=O) groups is 1. The summed E-state index contributed by atoms with van der Waals surface area (Å²) in [4.78, 5) is 12.5. The summed E-state index contributed by atoms with van der Waals surface area (Å²) in [6.07, 6.45) is 1.77. The molecule has 2 heterocycles. The van der Waals surface area contributed by atoms with E-state index in [9.17, 15) is 4.79 Å². The Morgan fingerprint density at radius 2 is 2.03 bits per heavy atom. The molecule has 1 N–H and O–H groups in total. The highest BCUT2D eigenvalue weighted by Crippen LogP contribution is 2.24. The molecule has 0 aliphatic carbocycles. The summed E-state index contributed by atoms with van der Waals surface area (Å²) in [7, 11) is 0. The SMILES string of the molecule is C=CCn1c(Cn2nnc3ccccc32)nnc1SCC(=O)Nc1cccc(Cl)c1C. The Kier molecular flexibility index (Phi) is 6.34. The number of allylic oxidation sites excluding steroid dienone is 1. The van der Waals surface area contributed by atoms with Gasteiger partial charge in [-0.1, -0.05) is 52.9 Å². The van der Waals surface area contributed by atoms with Crippen LogP contribution in [0.3, 0.4) is 0 Å². The number of halogens is 1. The molecule has 0 unspecified atom stereocenters. The molecule has 2 aromatic heterocycles. The molecule has 4 rings (SSSR count). The number of fused-ring (bicyclic) bond motifs is 1. The summed E-state index contributed by atoms with van der Waals surface area (Å²) in [5.74, 6) is 0.754. The Labute approximate surface area is 188 Å². The Balaban J connectivity index is 1.47. The van der Waals surface area contributed by atoms with Gasteiger partial charge < -0.3 is 9.88 Å². The van der Waals surface area contributed by atoms with E-state index >= 15 is 0 Å². The van der Waals surface area contributed by atoms with Gasteiger partial charge in [0.1, 0.15) is 12.1 Å². The molecule has 0 radical (unpaired) electrons. The average molecular weight is 454 g/mol. The van der Waals surface area contributed by atoms with E-state index in [1.165, 1.54) is 11.8 Å². The fraction of sp³-hybridized carbons (Fsp3) is 0.190. The van der Waals surface area contributed by atoms with Crippen molar-refractivity contribution in [3.63, 3.8) is 0 Å². The number of nitrogens with zero attached hydrogens (tertiary/aromatic N) is 6. The van der Waals surface area contributed by atoms with Gasteiger partial charge in [0.2, 0.25) is 5.91 Å². The first-order chi connectivity index (χ1) is 15.1. The zero-order chi connectivity index (χ0) is 21.8. The Morgan fingerprint density at radius 3 is 2.87 bits per heavy atom. The second-order valence-corrected chi connectivity index (χ2v) is 8.13. The maximum atomic E-state index is 12.5. The van der Waals surface area contributed by atoms with Crippen molar-refractivity contribution in [2.75, 3.05) is 11.1 Å². The summed E-state index contributed by atoms with van der Waals surface area (Å²) in [6.45, 7) is 6.62. The highest BCUT2D eigenvalue weighted by Gasteiger charge is 2.16. The molecule has 31 heavy (non-hydrogen) atoms. The highest BCUT2D eigenvalue weighted by atomic mass is 35.5. The van der Waals surface area contributed by atoms with Crippen LogP contribution in [0.1, 0.15) is 11.4 Å². The summed E-state index contributed by atoms with van der Waals surface area (Å²) >= 11 is 7.44. The molecule has 0 atom stereocenters. The van der Waals surface area contributed by atoms with Crippen molar-refractivity contribution in [3.05, 3.63) is 71.5 Å². The lowest BCUT2D eigenvalue weighted by atomic mass is 10.2. The lowest BCUT2D eigenvalue weighted by Gasteiger charge is -2.10. The minimum atomic E-state index is -0.146. The van der Waals surface area contributed by atoms with Crippen molar-refractivity contribution >= 4 is 46.0 Å². The number of aromatic nitrogens is 6. The maximum absolute atomic E-state index is 12.5. The molecule has 4 aromatic rings. The summed E-state index contributed by atoms with van der Waals surface area (Å²) < 4.78 is 3.70. The lowest BCUT2D eigenvalue weighted by Crippen LogP contribution is -2.16. The normalized spacial score (nSPS) is 11.0. The van der Waals surface area contributed by atoms with E-state index in [1.807, 2.05) is 41.8 Å². The van der Waals surface area contributed by atoms with Gasteiger partial charge in [0.25, 0.3) is 0 Å². The van der Waals surface area contributed by atoms with E-state index in [1.54, 1.807) is 22.9 Å². The highest BCUT2D eigenvalue weighted by molar-refractivity contribution is 7.99. The second kappa shape index (κ2) is 9.32. The van der Waals surface area contributed by atoms with Crippen LogP contribution in [-0.4, -0.2) is 41.4 Å². The van der Waals surface area contributed by atoms with Crippen LogP contribution >= 0.6 is 23.4 Å². The van der Waals surface area contributed by atoms with Gasteiger partial charge in [-0.25, -0.2) is 4.68 Å². The van der Waals surface area contributed by atoms with E-state index in [0.29, 0.717) is 34.8 Å². The molecule has 0 fully saturated rings. The number of nitrogens with one attached hydrogen (secondary N) is 1. The Hall–Kier alpha value is -3.17. The van der Waals surface area contributed by atoms with E-state index in [-0.39, 0.29) is 11.7 Å². The molecule has 8 nitrogen and oxygen atoms in total. The smallest absolute Gasteiger partial charge is 0.234 e. The van der Waals surface area contributed by atoms with Crippen LogP contribution in [-0.2, 0) is 17.9 Å². The quantitative estimate of drug-likeness (QED) is 0.321. The van der Waals surface area contributed by atoms with Crippen LogP contribution < -0.4 is 5.32 Å². The molecular weight excluding hydrogens is 434 g/mol. The van der Waals surface area contributed by atoms with E-state index in [0.717, 1.165) is 16.6 Å². The predicted octanol–water partition coefficient (Wildman–Crippen LogP) is 3.95. The van der Waals surface area contributed by atoms with Gasteiger partial charge in [-0.3, -0.25) is 4.79 Å². The third-order valence-corrected chi connectivity index (χ3v) is 6.07. The van der Waals surface area contributed by atoms with Crippen LogP contribution in [0.2, 0.25) is 5.02 Å². The van der Waals surface area contributed by atoms with Gasteiger partial charge in [0, 0.05) is 17.3 Å². The number of para-hydroxylation sites is 1. The number of benzene rings is 2. The maximum Gasteiger partial charge on any atom is 0.234 e. The monoisotopic (exact) mass is 453 g/mol. The number of anilines is 1. The standard InChI is InChI=1S/C21H20ClN7OS/c1-3-11-28-19(12-29-18-10-5-4-8-17(18)24-27-29)25-26-21(28)31-13-20(30)23-16-9-6-7-15(22)14(16)2/h3-10H,1,11-13H2,2H3,(H,23,30). The molecule has 1 amide bonds. The molecule has 0 bridgehead atoms. The first-order valence-electron chi connectivity index (χ1n) is 9.55. The minimum Gasteiger partial charge on any atom is -0.325 e. The van der Waals surface area contributed by atoms with Crippen LogP contribution in [0.5, 0.6) is 0 Å². The number of thioether (sulfide) groups is 1. The number of hydrogen-bond donors (Lipinski definition) is 1. The molecule has 10 heteroatoms. The largest absolute Gasteiger partial charge is 0.325 e. The molecule has 158 valence electrons. The summed E-state index contributed by atoms with van der Waals surface area (Å²) in [6, 6.07) is 13.2. The third-order valence-electron chi connectivity index (χ3n) is 4.69. The third kappa shape index (κ3) is 4.62. The van der Waals surface area contributed by atoms with Crippen molar-refractivity contribution in [3.8, 4) is 0 Å². The predicted molar refractivity (Wildman–Crippen MR) is 122 cm³/mol. The number of amides is 1. The van der Waals surface area contributed by atoms with Crippen LogP contribution in [0.4, 0.5) is 5.69 Å². The Bertz CT molecular complexity index is 1250. The van der Waals surface area contributed by atoms with E-state index in [4.69, 9.17) is 11.6 Å². The van der Waals surface area contributed by atoms with Crippen molar-refractivity contribution in [2.45, 2.75) is 25.2 Å². The number of carbonyl (C=O) groups excluding carboxylic acids is 1. The topological polar surface area (TPSA) is 90.5 Å². The number of rotatable bonds is 8. The van der Waals surface area contributed by atoms with Gasteiger partial charge in [0.15, 0.2) is 11.0 Å². The molecule has 0 saturated heterocycles. The first kappa shape index (κ1) is 21.1. The van der Waals surface area contributed by atoms with Gasteiger partial charge in [-0.15, -0.1) is 21.9 Å². The molecule has 2 aromatic carbocycles. The van der Waals surface area contributed by atoms with Crippen molar-refractivity contribution in [1.82, 2.24) is 29.8 Å². The molecule has 0 aliphatic rings. The number of hydrogen-bond acceptors (Lipinski definition) is 6. The zero-order valence-electron chi connectivity index (χ0n) is 16.8. The Morgan fingerprint density at radius 1 is 1.19 bits per heavy atom. The van der Waals surface area contributed by atoms with Crippen LogP contribution in [0.15, 0.2) is 60.3 Å². The average Bonchev–Trinajstić information content (AvgIpc) is 3.35. The van der Waals surface area contributed by atoms with Crippen LogP contribution in [0.25, 0.3) is 11.0 Å². The molecule has 0 spiro atoms. The van der Waals surface area contributed by atoms with Crippen LogP contribution in [0, 0.1) is 6.92 Å². The molecule has 0 aliphatic heterocycles. The fourth-order valence-corrected chi connectivity index (χ4v) is 4.02. The van der Waals surface area contributed by atoms with Gasteiger partial charge in [0.05, 0.1) is 11.3 Å². The first-order valence-corrected chi connectivity index (χ1v) is 10.9. The van der Waals surface area contributed by atoms with Gasteiger partial charge >= 0.3 is 0 Å². The second-order valence-electron chi connectivity index (χ2n) is 6.78. The zero-order valence-corrected chi connectivity index (χ0v) is 18.4.